The van der Waals surface area contributed by atoms with Crippen LogP contribution in [0.4, 0.5) is 14.6 Å². The summed E-state index contributed by atoms with van der Waals surface area (Å²) in [5.74, 6) is 0.0433. The van der Waals surface area contributed by atoms with E-state index in [1.165, 1.54) is 21.9 Å². The van der Waals surface area contributed by atoms with Crippen LogP contribution in [0.25, 0.3) is 32.1 Å². The molecule has 0 spiro atoms. The number of benzene rings is 2. The summed E-state index contributed by atoms with van der Waals surface area (Å²) in [6, 6.07) is 16.4. The average molecular weight is 617 g/mol. The lowest BCUT2D eigenvalue weighted by molar-refractivity contribution is -0.138. The maximum Gasteiger partial charge on any atom is 0.319 e. The number of nitrogens with zero attached hydrogens (tertiary/aromatic N) is 6. The number of carbonyl (C=O) groups is 1. The molecule has 3 aliphatic rings. The van der Waals surface area contributed by atoms with Gasteiger partial charge in [-0.1, -0.05) is 24.3 Å². The molecule has 0 aliphatic carbocycles. The minimum absolute atomic E-state index is 0.0824. The molecule has 3 fully saturated rings. The van der Waals surface area contributed by atoms with Crippen LogP contribution >= 0.6 is 11.3 Å². The third-order valence-corrected chi connectivity index (χ3v) is 10.4. The lowest BCUT2D eigenvalue weighted by Crippen LogP contribution is -2.56. The van der Waals surface area contributed by atoms with Gasteiger partial charge in [-0.25, -0.2) is 8.78 Å². The quantitative estimate of drug-likeness (QED) is 0.261. The van der Waals surface area contributed by atoms with Gasteiger partial charge in [0.1, 0.15) is 18.6 Å². The second-order valence-electron chi connectivity index (χ2n) is 12.2. The Balaban J connectivity index is 1.27. The van der Waals surface area contributed by atoms with Crippen molar-refractivity contribution in [2.24, 2.45) is 0 Å². The molecule has 0 bridgehead atoms. The van der Waals surface area contributed by atoms with Crippen LogP contribution in [0.3, 0.4) is 0 Å². The van der Waals surface area contributed by atoms with Gasteiger partial charge in [-0.15, -0.1) is 11.3 Å². The number of carbonyl (C=O) groups excluding carboxylic acids is 1. The Hall–Kier alpha value is -3.88. The molecule has 7 rings (SSSR count). The first-order valence-electron chi connectivity index (χ1n) is 15.2. The number of rotatable bonds is 7. The van der Waals surface area contributed by atoms with Gasteiger partial charge in [0.25, 0.3) is 5.91 Å². The normalized spacial score (nSPS) is 24.5. The van der Waals surface area contributed by atoms with Crippen molar-refractivity contribution in [2.45, 2.75) is 56.5 Å². The molecule has 3 saturated heterocycles. The standard InChI is InChI=1S/C33H34F2N6O2S/c1-21(34)31(42)41-14-13-39(19-25(41)8-11-36)30-27-7-6-23(26-5-2-4-22-9-15-44-29(22)26)16-28(27)37-32(38-30)43-20-33-10-3-12-40(33)18-24(35)17-33/h2,4-7,9,15-16,21,24-25H,3,8,10,12-14,17-20H2,1H3/t21-,24+,25-,33?/m0/s1. The smallest absolute Gasteiger partial charge is 0.319 e. The number of hydrogen-bond donors (Lipinski definition) is 0. The summed E-state index contributed by atoms with van der Waals surface area (Å²) in [6.45, 7) is 3.86. The zero-order valence-electron chi connectivity index (χ0n) is 24.6. The van der Waals surface area contributed by atoms with Crippen molar-refractivity contribution in [2.75, 3.05) is 44.2 Å². The zero-order valence-corrected chi connectivity index (χ0v) is 25.4. The van der Waals surface area contributed by atoms with Crippen molar-refractivity contribution >= 4 is 44.1 Å². The fraction of sp³-hybridized carbons (Fsp3) is 0.455. The number of thiophene rings is 1. The summed E-state index contributed by atoms with van der Waals surface area (Å²) < 4.78 is 36.0. The Morgan fingerprint density at radius 1 is 1.20 bits per heavy atom. The predicted molar refractivity (Wildman–Crippen MR) is 167 cm³/mol. The Labute approximate surface area is 258 Å². The molecular formula is C33H34F2N6O2S. The number of ether oxygens (including phenoxy) is 1. The van der Waals surface area contributed by atoms with Gasteiger partial charge in [0.05, 0.1) is 29.6 Å². The number of hydrogen-bond acceptors (Lipinski definition) is 8. The predicted octanol–water partition coefficient (Wildman–Crippen LogP) is 5.76. The number of halogens is 2. The summed E-state index contributed by atoms with van der Waals surface area (Å²) >= 11 is 1.70. The van der Waals surface area contributed by atoms with Gasteiger partial charge in [-0.2, -0.15) is 15.2 Å². The van der Waals surface area contributed by atoms with E-state index in [4.69, 9.17) is 14.7 Å². The van der Waals surface area contributed by atoms with Crippen LogP contribution in [0.5, 0.6) is 6.01 Å². The van der Waals surface area contributed by atoms with E-state index in [0.29, 0.717) is 44.0 Å². The Morgan fingerprint density at radius 3 is 2.93 bits per heavy atom. The fourth-order valence-electron chi connectivity index (χ4n) is 7.28. The number of amides is 1. The molecule has 0 radical (unpaired) electrons. The highest BCUT2D eigenvalue weighted by molar-refractivity contribution is 7.17. The first-order valence-corrected chi connectivity index (χ1v) is 16.1. The molecule has 2 aromatic carbocycles. The summed E-state index contributed by atoms with van der Waals surface area (Å²) in [5.41, 5.74) is 2.50. The van der Waals surface area contributed by atoms with E-state index in [1.807, 2.05) is 17.0 Å². The average Bonchev–Trinajstić information content (AvgIpc) is 3.73. The number of piperazine rings is 1. The Morgan fingerprint density at radius 2 is 2.09 bits per heavy atom. The molecule has 8 nitrogen and oxygen atoms in total. The first-order chi connectivity index (χ1) is 21.3. The van der Waals surface area contributed by atoms with Crippen molar-refractivity contribution in [1.29, 1.82) is 5.26 Å². The van der Waals surface area contributed by atoms with E-state index >= 15 is 0 Å². The second-order valence-corrected chi connectivity index (χ2v) is 13.1. The van der Waals surface area contributed by atoms with Crippen molar-refractivity contribution < 1.29 is 18.3 Å². The molecule has 1 amide bonds. The summed E-state index contributed by atoms with van der Waals surface area (Å²) in [6.07, 6.45) is -0.0826. The zero-order chi connectivity index (χ0) is 30.4. The van der Waals surface area contributed by atoms with E-state index in [1.54, 1.807) is 11.3 Å². The van der Waals surface area contributed by atoms with Crippen molar-refractivity contribution in [3.05, 3.63) is 47.8 Å². The molecule has 1 unspecified atom stereocenters. The molecule has 3 aliphatic heterocycles. The van der Waals surface area contributed by atoms with Crippen LogP contribution in [0.15, 0.2) is 47.8 Å². The highest BCUT2D eigenvalue weighted by Gasteiger charge is 2.49. The van der Waals surface area contributed by atoms with Crippen molar-refractivity contribution in [3.8, 4) is 23.2 Å². The molecule has 5 heterocycles. The van der Waals surface area contributed by atoms with E-state index in [9.17, 15) is 18.8 Å². The number of fused-ring (bicyclic) bond motifs is 3. The number of alkyl halides is 2. The van der Waals surface area contributed by atoms with Gasteiger partial charge in [-0.05, 0) is 66.4 Å². The Kier molecular flexibility index (Phi) is 7.58. The lowest BCUT2D eigenvalue weighted by atomic mass is 9.95. The highest BCUT2D eigenvalue weighted by Crippen LogP contribution is 2.41. The van der Waals surface area contributed by atoms with Gasteiger partial charge in [0.15, 0.2) is 6.17 Å². The third-order valence-electron chi connectivity index (χ3n) is 9.41. The second kappa shape index (κ2) is 11.6. The molecule has 2 aromatic heterocycles. The van der Waals surface area contributed by atoms with Gasteiger partial charge in [-0.3, -0.25) is 9.69 Å². The molecule has 0 saturated carbocycles. The molecule has 228 valence electrons. The summed E-state index contributed by atoms with van der Waals surface area (Å²) in [7, 11) is 0. The number of nitriles is 1. The van der Waals surface area contributed by atoms with Gasteiger partial charge >= 0.3 is 6.01 Å². The summed E-state index contributed by atoms with van der Waals surface area (Å²) in [4.78, 5) is 28.1. The highest BCUT2D eigenvalue weighted by atomic mass is 32.1. The van der Waals surface area contributed by atoms with E-state index in [-0.39, 0.29) is 24.5 Å². The molecule has 11 heteroatoms. The first kappa shape index (κ1) is 28.9. The molecule has 4 atom stereocenters. The van der Waals surface area contributed by atoms with Crippen LogP contribution in [-0.2, 0) is 4.79 Å². The largest absolute Gasteiger partial charge is 0.461 e. The molecule has 0 N–H and O–H groups in total. The van der Waals surface area contributed by atoms with Crippen molar-refractivity contribution in [1.82, 2.24) is 19.8 Å². The number of aromatic nitrogens is 2. The maximum atomic E-state index is 14.5. The molecule has 4 aromatic rings. The topological polar surface area (TPSA) is 85.6 Å². The minimum atomic E-state index is -1.64. The van der Waals surface area contributed by atoms with Gasteiger partial charge in [0, 0.05) is 42.7 Å². The van der Waals surface area contributed by atoms with Crippen LogP contribution in [-0.4, -0.2) is 88.9 Å². The van der Waals surface area contributed by atoms with Crippen molar-refractivity contribution in [3.63, 3.8) is 0 Å². The summed E-state index contributed by atoms with van der Waals surface area (Å²) in [5, 5.41) is 13.6. The van der Waals surface area contributed by atoms with Crippen LogP contribution < -0.4 is 9.64 Å². The Bertz CT molecular complexity index is 1760. The molecule has 44 heavy (non-hydrogen) atoms. The SMILES string of the molecule is C[C@H](F)C(=O)N1CCN(c2nc(OCC34CCCN3C[C@H](F)C4)nc3cc(-c4cccc5ccsc45)ccc23)C[C@@H]1CC#N. The van der Waals surface area contributed by atoms with Crippen LogP contribution in [0, 0.1) is 11.3 Å². The number of anilines is 1. The van der Waals surface area contributed by atoms with Crippen LogP contribution in [0.1, 0.15) is 32.6 Å². The third kappa shape index (κ3) is 5.14. The monoisotopic (exact) mass is 616 g/mol. The van der Waals surface area contributed by atoms with Gasteiger partial charge < -0.3 is 14.5 Å². The van der Waals surface area contributed by atoms with Crippen LogP contribution in [0.2, 0.25) is 0 Å². The lowest BCUT2D eigenvalue weighted by Gasteiger charge is -2.41. The van der Waals surface area contributed by atoms with E-state index in [2.05, 4.69) is 46.7 Å². The molecular weight excluding hydrogens is 582 g/mol. The minimum Gasteiger partial charge on any atom is -0.461 e. The van der Waals surface area contributed by atoms with Gasteiger partial charge in [0.2, 0.25) is 0 Å². The fourth-order valence-corrected chi connectivity index (χ4v) is 8.22. The van der Waals surface area contributed by atoms with E-state index < -0.39 is 24.3 Å². The maximum absolute atomic E-state index is 14.5. The van der Waals surface area contributed by atoms with E-state index in [0.717, 1.165) is 35.9 Å².